The number of fused-ring (bicyclic) bond motifs is 1. The average molecular weight is 672 g/mol. The Morgan fingerprint density at radius 3 is 2.32 bits per heavy atom. The van der Waals surface area contributed by atoms with Gasteiger partial charge in [-0.2, -0.15) is 0 Å². The van der Waals surface area contributed by atoms with Crippen LogP contribution in [0.15, 0.2) is 59.6 Å². The van der Waals surface area contributed by atoms with Gasteiger partial charge in [0.25, 0.3) is 15.9 Å². The van der Waals surface area contributed by atoms with Crippen molar-refractivity contribution in [3.05, 3.63) is 71.9 Å². The van der Waals surface area contributed by atoms with Crippen LogP contribution in [0.5, 0.6) is 5.88 Å². The van der Waals surface area contributed by atoms with Gasteiger partial charge < -0.3 is 24.5 Å². The summed E-state index contributed by atoms with van der Waals surface area (Å²) in [6.07, 6.45) is 0.943. The van der Waals surface area contributed by atoms with Crippen molar-refractivity contribution in [3.8, 4) is 17.0 Å². The number of aromatic nitrogens is 2. The number of ether oxygens (including phenoxy) is 2. The first-order chi connectivity index (χ1) is 22.1. The fraction of sp³-hybridized carbons (Fsp3) is 0.290. The van der Waals surface area contributed by atoms with Crippen LogP contribution in [-0.4, -0.2) is 79.3 Å². The lowest BCUT2D eigenvalue weighted by Gasteiger charge is -2.35. The Morgan fingerprint density at radius 2 is 1.68 bits per heavy atom. The molecule has 1 fully saturated rings. The largest absolute Gasteiger partial charge is 0.480 e. The maximum atomic E-state index is 14.3. The highest BCUT2D eigenvalue weighted by Gasteiger charge is 2.31. The number of piperazine rings is 1. The van der Waals surface area contributed by atoms with Crippen LogP contribution < -0.4 is 19.9 Å². The molecular formula is C31H33F2N6O7S+. The van der Waals surface area contributed by atoms with Crippen molar-refractivity contribution in [1.29, 1.82) is 0 Å². The second-order valence-electron chi connectivity index (χ2n) is 11.7. The van der Waals surface area contributed by atoms with E-state index in [0.717, 1.165) is 12.1 Å². The topological polar surface area (TPSA) is 168 Å². The number of methoxy groups -OCH3 is 1. The van der Waals surface area contributed by atoms with Crippen molar-refractivity contribution in [3.63, 3.8) is 0 Å². The van der Waals surface area contributed by atoms with E-state index in [-0.39, 0.29) is 54.6 Å². The van der Waals surface area contributed by atoms with Gasteiger partial charge in [0, 0.05) is 49.4 Å². The van der Waals surface area contributed by atoms with Crippen molar-refractivity contribution < 1.29 is 46.2 Å². The van der Waals surface area contributed by atoms with Crippen LogP contribution >= 0.6 is 0 Å². The highest BCUT2D eigenvalue weighted by Crippen LogP contribution is 2.32. The number of nitrogens with one attached hydrogen (secondary N) is 1. The molecule has 2 aromatic heterocycles. The van der Waals surface area contributed by atoms with E-state index in [2.05, 4.69) is 9.71 Å². The van der Waals surface area contributed by atoms with Crippen LogP contribution in [0.3, 0.4) is 0 Å². The van der Waals surface area contributed by atoms with Crippen LogP contribution in [0.4, 0.5) is 25.1 Å². The lowest BCUT2D eigenvalue weighted by molar-refractivity contribution is -0.873. The van der Waals surface area contributed by atoms with Crippen LogP contribution in [0.1, 0.15) is 31.1 Å². The Bertz CT molecular complexity index is 1990. The van der Waals surface area contributed by atoms with Gasteiger partial charge in [0.2, 0.25) is 5.88 Å². The van der Waals surface area contributed by atoms with Crippen LogP contribution in [0.25, 0.3) is 22.0 Å². The molecule has 3 heterocycles. The van der Waals surface area contributed by atoms with E-state index in [1.165, 1.54) is 35.2 Å². The minimum absolute atomic E-state index is 0.0329. The number of hydrogen-bond acceptors (Lipinski definition) is 9. The van der Waals surface area contributed by atoms with E-state index < -0.39 is 44.2 Å². The number of amides is 2. The predicted octanol–water partition coefficient (Wildman–Crippen LogP) is 3.79. The van der Waals surface area contributed by atoms with Gasteiger partial charge in [-0.05, 0) is 73.5 Å². The Morgan fingerprint density at radius 1 is 1.00 bits per heavy atom. The molecule has 1 aliphatic heterocycles. The third-order valence-corrected chi connectivity index (χ3v) is 8.71. The smallest absolute Gasteiger partial charge is 0.410 e. The SMILES string of the molecule is COc1ncc(-c2ccc3c(c2)cc(C(=O)N2CCN(C(=O)OC(C)(C)C)CC2)c(N)[n+]3O)cc1NS(=O)(=O)c1ccc(F)cc1F. The molecule has 0 saturated carbocycles. The molecule has 0 unspecified atom stereocenters. The number of carbonyl (C=O) groups excluding carboxylic acids is 2. The van der Waals surface area contributed by atoms with Gasteiger partial charge >= 0.3 is 11.9 Å². The second-order valence-corrected chi connectivity index (χ2v) is 13.4. The normalized spacial score (nSPS) is 13.8. The number of benzene rings is 2. The first kappa shape index (κ1) is 33.1. The summed E-state index contributed by atoms with van der Waals surface area (Å²) in [5.74, 6) is -2.95. The average Bonchev–Trinajstić information content (AvgIpc) is 3.01. The zero-order chi connectivity index (χ0) is 34.3. The number of carbonyl (C=O) groups is 2. The Balaban J connectivity index is 1.43. The van der Waals surface area contributed by atoms with Crippen molar-refractivity contribution in [2.24, 2.45) is 0 Å². The molecule has 0 spiro atoms. The van der Waals surface area contributed by atoms with E-state index >= 15 is 0 Å². The molecule has 0 aliphatic carbocycles. The zero-order valence-electron chi connectivity index (χ0n) is 26.0. The molecule has 47 heavy (non-hydrogen) atoms. The molecule has 0 bridgehead atoms. The van der Waals surface area contributed by atoms with E-state index in [1.54, 1.807) is 39.0 Å². The molecule has 5 rings (SSSR count). The fourth-order valence-electron chi connectivity index (χ4n) is 5.01. The Kier molecular flexibility index (Phi) is 8.81. The summed E-state index contributed by atoms with van der Waals surface area (Å²) in [5, 5.41) is 11.3. The molecule has 4 N–H and O–H groups in total. The van der Waals surface area contributed by atoms with Gasteiger partial charge in [-0.15, -0.1) is 0 Å². The van der Waals surface area contributed by atoms with Gasteiger partial charge in [-0.3, -0.25) is 15.3 Å². The number of halogens is 2. The third kappa shape index (κ3) is 6.96. The van der Waals surface area contributed by atoms with Gasteiger partial charge in [-0.1, -0.05) is 0 Å². The predicted molar refractivity (Wildman–Crippen MR) is 166 cm³/mol. The molecule has 0 radical (unpaired) electrons. The molecule has 13 nitrogen and oxygen atoms in total. The number of anilines is 2. The number of pyridine rings is 2. The maximum Gasteiger partial charge on any atom is 0.410 e. The number of hydrogen-bond donors (Lipinski definition) is 3. The van der Waals surface area contributed by atoms with E-state index in [9.17, 15) is 32.0 Å². The minimum Gasteiger partial charge on any atom is -0.480 e. The lowest BCUT2D eigenvalue weighted by atomic mass is 10.0. The highest BCUT2D eigenvalue weighted by atomic mass is 32.2. The highest BCUT2D eigenvalue weighted by molar-refractivity contribution is 7.92. The molecular weight excluding hydrogens is 638 g/mol. The van der Waals surface area contributed by atoms with Gasteiger partial charge in [-0.25, -0.2) is 27.0 Å². The summed E-state index contributed by atoms with van der Waals surface area (Å²) in [4.78, 5) is 32.4. The summed E-state index contributed by atoms with van der Waals surface area (Å²) >= 11 is 0. The first-order valence-corrected chi connectivity index (χ1v) is 15.8. The monoisotopic (exact) mass is 671 g/mol. The Hall–Kier alpha value is -5.25. The summed E-state index contributed by atoms with van der Waals surface area (Å²) in [6.45, 7) is 6.26. The van der Waals surface area contributed by atoms with Gasteiger partial charge in [0.1, 0.15) is 33.4 Å². The van der Waals surface area contributed by atoms with Crippen molar-refractivity contribution in [2.75, 3.05) is 43.7 Å². The summed E-state index contributed by atoms with van der Waals surface area (Å²) in [5.41, 5.74) is 6.62. The van der Waals surface area contributed by atoms with E-state index in [1.807, 2.05) is 0 Å². The van der Waals surface area contributed by atoms with Crippen LogP contribution in [0.2, 0.25) is 0 Å². The maximum absolute atomic E-state index is 14.3. The minimum atomic E-state index is -4.51. The van der Waals surface area contributed by atoms with Crippen molar-refractivity contribution in [1.82, 2.24) is 14.8 Å². The zero-order valence-corrected chi connectivity index (χ0v) is 26.8. The summed E-state index contributed by atoms with van der Waals surface area (Å²) in [6, 6.07) is 9.83. The first-order valence-electron chi connectivity index (χ1n) is 14.3. The van der Waals surface area contributed by atoms with E-state index in [4.69, 9.17) is 15.2 Å². The van der Waals surface area contributed by atoms with Crippen LogP contribution in [0, 0.1) is 11.6 Å². The molecule has 248 valence electrons. The summed E-state index contributed by atoms with van der Waals surface area (Å²) in [7, 11) is -3.24. The van der Waals surface area contributed by atoms with Crippen molar-refractivity contribution in [2.45, 2.75) is 31.3 Å². The number of nitrogens with zero attached hydrogens (tertiary/aromatic N) is 4. The van der Waals surface area contributed by atoms with Gasteiger partial charge in [0.05, 0.1) is 7.11 Å². The number of nitrogens with two attached hydrogens (primary N) is 1. The molecule has 0 atom stereocenters. The third-order valence-electron chi connectivity index (χ3n) is 7.31. The standard InChI is InChI=1S/C31H32F2N6O7S/c1-31(2,3)46-30(41)38-11-9-37(10-12-38)29(40)22-14-19-13-18(5-7-25(19)39(42)27(22)34)20-15-24(28(45-4)35-17-20)36-47(43,44)26-8-6-21(32)16-23(26)33/h5-8,13-17,34,36,42H,9-12H2,1-4H3/p+1. The summed E-state index contributed by atoms with van der Waals surface area (Å²) < 4.78 is 67.2. The number of sulfonamides is 1. The number of rotatable bonds is 6. The van der Waals surface area contributed by atoms with Crippen LogP contribution in [-0.2, 0) is 14.8 Å². The Labute approximate surface area is 269 Å². The van der Waals surface area contributed by atoms with E-state index in [0.29, 0.717) is 27.3 Å². The van der Waals surface area contributed by atoms with Crippen molar-refractivity contribution >= 4 is 44.4 Å². The molecule has 4 aromatic rings. The fourth-order valence-corrected chi connectivity index (χ4v) is 6.12. The lowest BCUT2D eigenvalue weighted by Crippen LogP contribution is -2.52. The molecule has 2 aromatic carbocycles. The molecule has 2 amide bonds. The van der Waals surface area contributed by atoms with Gasteiger partial charge in [0.15, 0.2) is 5.52 Å². The quantitative estimate of drug-likeness (QED) is 0.204. The molecule has 16 heteroatoms. The molecule has 1 saturated heterocycles. The number of nitrogen functional groups attached to an aromatic ring is 1. The second kappa shape index (κ2) is 12.5. The molecule has 1 aliphatic rings.